The summed E-state index contributed by atoms with van der Waals surface area (Å²) >= 11 is 0. The van der Waals surface area contributed by atoms with Gasteiger partial charge < -0.3 is 9.84 Å². The van der Waals surface area contributed by atoms with Crippen molar-refractivity contribution in [1.29, 1.82) is 0 Å². The molecule has 0 spiro atoms. The van der Waals surface area contributed by atoms with E-state index in [4.69, 9.17) is 9.84 Å². The molecule has 0 amide bonds. The zero-order valence-electron chi connectivity index (χ0n) is 11.0. The van der Waals surface area contributed by atoms with Crippen LogP contribution in [0.2, 0.25) is 0 Å². The fraction of sp³-hybridized carbons (Fsp3) is 0.571. The van der Waals surface area contributed by atoms with Crippen LogP contribution in [0.4, 0.5) is 0 Å². The Bertz CT molecular complexity index is 311. The van der Waals surface area contributed by atoms with Crippen LogP contribution in [-0.2, 0) is 4.74 Å². The van der Waals surface area contributed by atoms with Crippen molar-refractivity contribution in [3.05, 3.63) is 35.4 Å². The van der Waals surface area contributed by atoms with Crippen LogP contribution in [0, 0.1) is 6.92 Å². The third kappa shape index (κ3) is 4.86. The minimum atomic E-state index is 0.0945. The lowest BCUT2D eigenvalue weighted by Gasteiger charge is -2.25. The molecule has 0 heterocycles. The molecule has 1 unspecified atom stereocenters. The second-order valence-corrected chi connectivity index (χ2v) is 4.40. The lowest BCUT2D eigenvalue weighted by Crippen LogP contribution is -2.26. The highest BCUT2D eigenvalue weighted by molar-refractivity contribution is 5.23. The summed E-state index contributed by atoms with van der Waals surface area (Å²) in [5.41, 5.74) is 2.61. The van der Waals surface area contributed by atoms with Crippen LogP contribution in [0.25, 0.3) is 0 Å². The van der Waals surface area contributed by atoms with Crippen LogP contribution in [0.3, 0.4) is 0 Å². The zero-order chi connectivity index (χ0) is 12.7. The Balaban J connectivity index is 2.40. The van der Waals surface area contributed by atoms with Gasteiger partial charge in [0, 0.05) is 12.6 Å². The first-order valence-electron chi connectivity index (χ1n) is 6.10. The maximum absolute atomic E-state index is 8.61. The molecule has 0 aliphatic rings. The fourth-order valence-corrected chi connectivity index (χ4v) is 1.67. The fourth-order valence-electron chi connectivity index (χ4n) is 1.67. The van der Waals surface area contributed by atoms with Crippen molar-refractivity contribution in [1.82, 2.24) is 4.90 Å². The van der Waals surface area contributed by atoms with E-state index in [1.54, 1.807) is 0 Å². The molecule has 0 fully saturated rings. The Morgan fingerprint density at radius 1 is 1.24 bits per heavy atom. The molecule has 0 saturated carbocycles. The van der Waals surface area contributed by atoms with Gasteiger partial charge in [0.15, 0.2) is 0 Å². The molecule has 3 heteroatoms. The number of hydrogen-bond acceptors (Lipinski definition) is 3. The number of rotatable bonds is 7. The molecule has 0 aliphatic heterocycles. The molecular weight excluding hydrogens is 214 g/mol. The van der Waals surface area contributed by atoms with Crippen molar-refractivity contribution in [3.63, 3.8) is 0 Å². The number of hydrogen-bond donors (Lipinski definition) is 1. The number of aliphatic hydroxyl groups is 1. The van der Waals surface area contributed by atoms with E-state index >= 15 is 0 Å². The van der Waals surface area contributed by atoms with Crippen molar-refractivity contribution < 1.29 is 9.84 Å². The molecule has 3 nitrogen and oxygen atoms in total. The molecule has 0 bridgehead atoms. The minimum absolute atomic E-state index is 0.0945. The van der Waals surface area contributed by atoms with Gasteiger partial charge in [0.05, 0.1) is 19.8 Å². The van der Waals surface area contributed by atoms with Crippen LogP contribution in [-0.4, -0.2) is 43.4 Å². The Morgan fingerprint density at radius 2 is 1.88 bits per heavy atom. The van der Waals surface area contributed by atoms with Gasteiger partial charge in [0.2, 0.25) is 0 Å². The highest BCUT2D eigenvalue weighted by Gasteiger charge is 2.10. The van der Waals surface area contributed by atoms with Crippen molar-refractivity contribution >= 4 is 0 Å². The predicted molar refractivity (Wildman–Crippen MR) is 70.1 cm³/mol. The standard InChI is InChI=1S/C14H23NO2/c1-12-4-6-14(7-5-12)13(2)15(3)8-10-17-11-9-16/h4-7,13,16H,8-11H2,1-3H3. The monoisotopic (exact) mass is 237 g/mol. The maximum atomic E-state index is 8.61. The van der Waals surface area contributed by atoms with E-state index in [0.29, 0.717) is 19.3 Å². The van der Waals surface area contributed by atoms with E-state index in [2.05, 4.69) is 50.1 Å². The molecule has 17 heavy (non-hydrogen) atoms. The van der Waals surface area contributed by atoms with Crippen LogP contribution in [0.5, 0.6) is 0 Å². The highest BCUT2D eigenvalue weighted by atomic mass is 16.5. The molecule has 1 aromatic rings. The summed E-state index contributed by atoms with van der Waals surface area (Å²) in [6, 6.07) is 9.01. The smallest absolute Gasteiger partial charge is 0.0698 e. The summed E-state index contributed by atoms with van der Waals surface area (Å²) in [6.07, 6.45) is 0. The van der Waals surface area contributed by atoms with E-state index < -0.39 is 0 Å². The number of aliphatic hydroxyl groups excluding tert-OH is 1. The number of nitrogens with zero attached hydrogens (tertiary/aromatic N) is 1. The topological polar surface area (TPSA) is 32.7 Å². The highest BCUT2D eigenvalue weighted by Crippen LogP contribution is 2.18. The molecule has 1 aromatic carbocycles. The summed E-state index contributed by atoms with van der Waals surface area (Å²) < 4.78 is 5.27. The maximum Gasteiger partial charge on any atom is 0.0698 e. The average Bonchev–Trinajstić information content (AvgIpc) is 2.34. The van der Waals surface area contributed by atoms with E-state index in [0.717, 1.165) is 6.54 Å². The zero-order valence-corrected chi connectivity index (χ0v) is 11.0. The third-order valence-corrected chi connectivity index (χ3v) is 3.04. The normalized spacial score (nSPS) is 13.0. The third-order valence-electron chi connectivity index (χ3n) is 3.04. The van der Waals surface area contributed by atoms with Crippen LogP contribution in [0.1, 0.15) is 24.1 Å². The average molecular weight is 237 g/mol. The van der Waals surface area contributed by atoms with Gasteiger partial charge in [0.1, 0.15) is 0 Å². The number of ether oxygens (including phenoxy) is 1. The summed E-state index contributed by atoms with van der Waals surface area (Å²) in [7, 11) is 2.09. The molecule has 0 saturated heterocycles. The first kappa shape index (κ1) is 14.2. The summed E-state index contributed by atoms with van der Waals surface area (Å²) in [5, 5.41) is 8.61. The summed E-state index contributed by atoms with van der Waals surface area (Å²) in [5.74, 6) is 0. The summed E-state index contributed by atoms with van der Waals surface area (Å²) in [6.45, 7) is 6.34. The van der Waals surface area contributed by atoms with Gasteiger partial charge in [-0.25, -0.2) is 0 Å². The number of likely N-dealkylation sites (N-methyl/N-ethyl adjacent to an activating group) is 1. The van der Waals surface area contributed by atoms with E-state index in [1.165, 1.54) is 11.1 Å². The van der Waals surface area contributed by atoms with Crippen LogP contribution < -0.4 is 0 Å². The van der Waals surface area contributed by atoms with Gasteiger partial charge in [-0.2, -0.15) is 0 Å². The van der Waals surface area contributed by atoms with Gasteiger partial charge in [-0.1, -0.05) is 29.8 Å². The van der Waals surface area contributed by atoms with Gasteiger partial charge >= 0.3 is 0 Å². The molecule has 0 radical (unpaired) electrons. The number of benzene rings is 1. The quantitative estimate of drug-likeness (QED) is 0.736. The second kappa shape index (κ2) is 7.43. The van der Waals surface area contributed by atoms with Gasteiger partial charge in [0.25, 0.3) is 0 Å². The molecule has 0 aromatic heterocycles. The second-order valence-electron chi connectivity index (χ2n) is 4.40. The Labute approximate surface area is 104 Å². The largest absolute Gasteiger partial charge is 0.394 e. The SMILES string of the molecule is Cc1ccc(C(C)N(C)CCOCCO)cc1. The minimum Gasteiger partial charge on any atom is -0.394 e. The Kier molecular flexibility index (Phi) is 6.19. The van der Waals surface area contributed by atoms with Crippen molar-refractivity contribution in [3.8, 4) is 0 Å². The lowest BCUT2D eigenvalue weighted by molar-refractivity contribution is 0.0719. The first-order chi connectivity index (χ1) is 8.15. The number of aryl methyl sites for hydroxylation is 1. The van der Waals surface area contributed by atoms with E-state index in [1.807, 2.05) is 0 Å². The molecular formula is C14H23NO2. The van der Waals surface area contributed by atoms with Crippen molar-refractivity contribution in [2.75, 3.05) is 33.4 Å². The molecule has 1 rings (SSSR count). The molecule has 96 valence electrons. The molecule has 0 aliphatic carbocycles. The van der Waals surface area contributed by atoms with Crippen molar-refractivity contribution in [2.45, 2.75) is 19.9 Å². The molecule has 1 atom stereocenters. The Hall–Kier alpha value is -0.900. The summed E-state index contributed by atoms with van der Waals surface area (Å²) in [4.78, 5) is 2.25. The van der Waals surface area contributed by atoms with Crippen LogP contribution >= 0.6 is 0 Å². The first-order valence-corrected chi connectivity index (χ1v) is 6.10. The van der Waals surface area contributed by atoms with Crippen molar-refractivity contribution in [2.24, 2.45) is 0 Å². The lowest BCUT2D eigenvalue weighted by atomic mass is 10.1. The van der Waals surface area contributed by atoms with E-state index in [9.17, 15) is 0 Å². The van der Waals surface area contributed by atoms with E-state index in [-0.39, 0.29) is 6.61 Å². The van der Waals surface area contributed by atoms with Crippen LogP contribution in [0.15, 0.2) is 24.3 Å². The molecule has 1 N–H and O–H groups in total. The predicted octanol–water partition coefficient (Wildman–Crippen LogP) is 2.00. The van der Waals surface area contributed by atoms with Gasteiger partial charge in [-0.05, 0) is 26.5 Å². The Morgan fingerprint density at radius 3 is 2.47 bits per heavy atom. The van der Waals surface area contributed by atoms with Gasteiger partial charge in [-0.3, -0.25) is 4.90 Å². The van der Waals surface area contributed by atoms with Gasteiger partial charge in [-0.15, -0.1) is 0 Å².